The lowest BCUT2D eigenvalue weighted by Crippen LogP contribution is -2.70. The van der Waals surface area contributed by atoms with Crippen LogP contribution in [-0.2, 0) is 14.3 Å². The van der Waals surface area contributed by atoms with Crippen molar-refractivity contribution in [3.8, 4) is 0 Å². The van der Waals surface area contributed by atoms with Crippen LogP contribution in [0.1, 0.15) is 6.42 Å². The minimum absolute atomic E-state index is 0.333. The monoisotopic (exact) mass is 478 g/mol. The number of rotatable bonds is 10. The van der Waals surface area contributed by atoms with E-state index in [0.717, 1.165) is 0 Å². The third-order valence-corrected chi connectivity index (χ3v) is 3.41. The first-order chi connectivity index (χ1) is 13.0. The molecule has 0 spiro atoms. The van der Waals surface area contributed by atoms with E-state index in [0.29, 0.717) is 13.2 Å². The molecule has 17 heteroatoms. The van der Waals surface area contributed by atoms with Gasteiger partial charge in [-0.25, -0.2) is 4.79 Å². The summed E-state index contributed by atoms with van der Waals surface area (Å²) in [5.74, 6) is -39.5. The van der Waals surface area contributed by atoms with Crippen LogP contribution in [0.15, 0.2) is 12.7 Å². The molecule has 0 saturated heterocycles. The van der Waals surface area contributed by atoms with Gasteiger partial charge in [0.15, 0.2) is 0 Å². The van der Waals surface area contributed by atoms with E-state index in [1.807, 2.05) is 0 Å². The first kappa shape index (κ1) is 28.2. The van der Waals surface area contributed by atoms with E-state index in [4.69, 9.17) is 0 Å². The van der Waals surface area contributed by atoms with Crippen molar-refractivity contribution in [3.05, 3.63) is 12.7 Å². The number of aliphatic hydroxyl groups excluding tert-OH is 1. The van der Waals surface area contributed by atoms with Crippen molar-refractivity contribution in [2.45, 2.75) is 54.6 Å². The molecule has 0 saturated carbocycles. The summed E-state index contributed by atoms with van der Waals surface area (Å²) in [6.07, 6.45) is -15.9. The molecule has 2 unspecified atom stereocenters. The van der Waals surface area contributed by atoms with Crippen LogP contribution in [0.3, 0.4) is 0 Å². The number of halogens is 13. The van der Waals surface area contributed by atoms with Crippen molar-refractivity contribution in [3.63, 3.8) is 0 Å². The maximum atomic E-state index is 13.6. The highest BCUT2D eigenvalue weighted by Crippen LogP contribution is 2.60. The predicted molar refractivity (Wildman–Crippen MR) is 68.5 cm³/mol. The third-order valence-electron chi connectivity index (χ3n) is 3.41. The van der Waals surface area contributed by atoms with Crippen LogP contribution in [0, 0.1) is 0 Å². The highest BCUT2D eigenvalue weighted by Gasteiger charge is 2.90. The van der Waals surface area contributed by atoms with Gasteiger partial charge in [-0.3, -0.25) is 0 Å². The fourth-order valence-corrected chi connectivity index (χ4v) is 1.74. The number of carbonyl (C=O) groups excluding carboxylic acids is 1. The van der Waals surface area contributed by atoms with Gasteiger partial charge in [-0.05, 0) is 0 Å². The Hall–Kier alpha value is -1.78. The highest BCUT2D eigenvalue weighted by atomic mass is 19.4. The molecule has 0 aliphatic carbocycles. The van der Waals surface area contributed by atoms with Gasteiger partial charge in [-0.15, -0.1) is 0 Å². The Balaban J connectivity index is 6.06. The first-order valence-electron chi connectivity index (χ1n) is 7.04. The van der Waals surface area contributed by atoms with Crippen molar-refractivity contribution in [1.82, 2.24) is 0 Å². The molecule has 0 radical (unpaired) electrons. The summed E-state index contributed by atoms with van der Waals surface area (Å²) in [4.78, 5) is 10.9. The SMILES string of the molecule is C=CC(=O)OC(OC)C(O)CC(F)(F)C(F)(F)C(F)(F)C(F)(F)C(F)(F)C(F)(F)F. The molecule has 0 aliphatic rings. The van der Waals surface area contributed by atoms with Gasteiger partial charge in [0.25, 0.3) is 0 Å². The molecule has 0 aliphatic heterocycles. The van der Waals surface area contributed by atoms with Crippen LogP contribution in [0.2, 0.25) is 0 Å². The van der Waals surface area contributed by atoms with Crippen molar-refractivity contribution >= 4 is 5.97 Å². The van der Waals surface area contributed by atoms with Crippen LogP contribution >= 0.6 is 0 Å². The van der Waals surface area contributed by atoms with Crippen molar-refractivity contribution in [1.29, 1.82) is 0 Å². The van der Waals surface area contributed by atoms with Gasteiger partial charge in [0.05, 0.1) is 0 Å². The molecule has 0 heterocycles. The quantitative estimate of drug-likeness (QED) is 0.222. The van der Waals surface area contributed by atoms with E-state index in [9.17, 15) is 67.0 Å². The summed E-state index contributed by atoms with van der Waals surface area (Å²) >= 11 is 0. The Labute approximate surface area is 158 Å². The minimum atomic E-state index is -8.05. The number of aliphatic hydroxyl groups is 1. The van der Waals surface area contributed by atoms with E-state index in [1.165, 1.54) is 0 Å². The molecule has 2 atom stereocenters. The first-order valence-corrected chi connectivity index (χ1v) is 7.04. The summed E-state index contributed by atoms with van der Waals surface area (Å²) in [6.45, 7) is 2.80. The van der Waals surface area contributed by atoms with Gasteiger partial charge in [-0.2, -0.15) is 57.1 Å². The van der Waals surface area contributed by atoms with Gasteiger partial charge in [0.2, 0.25) is 6.29 Å². The number of hydrogen-bond acceptors (Lipinski definition) is 4. The lowest BCUT2D eigenvalue weighted by atomic mass is 9.91. The van der Waals surface area contributed by atoms with Crippen LogP contribution in [0.5, 0.6) is 0 Å². The standard InChI is InChI=1S/C13H11F13O4/c1-3-6(28)30-7(29-2)5(27)4-8(14,15)9(16,17)10(18,19)11(20,21)12(22,23)13(24,25)26/h3,5,7,27H,1,4H2,2H3. The topological polar surface area (TPSA) is 55.8 Å². The number of esters is 1. The maximum absolute atomic E-state index is 13.6. The van der Waals surface area contributed by atoms with Gasteiger partial charge >= 0.3 is 41.8 Å². The van der Waals surface area contributed by atoms with Crippen LogP contribution in [0.25, 0.3) is 0 Å². The summed E-state index contributed by atoms with van der Waals surface area (Å²) in [5.41, 5.74) is 0. The molecule has 0 fully saturated rings. The second kappa shape index (κ2) is 8.39. The number of alkyl halides is 13. The number of hydrogen-bond donors (Lipinski definition) is 1. The van der Waals surface area contributed by atoms with E-state index in [1.54, 1.807) is 0 Å². The average molecular weight is 478 g/mol. The summed E-state index contributed by atoms with van der Waals surface area (Å²) < 4.78 is 176. The zero-order valence-electron chi connectivity index (χ0n) is 14.2. The van der Waals surface area contributed by atoms with Crippen LogP contribution in [-0.4, -0.2) is 66.4 Å². The van der Waals surface area contributed by atoms with Crippen LogP contribution in [0.4, 0.5) is 57.1 Å². The molecule has 4 nitrogen and oxygen atoms in total. The van der Waals surface area contributed by atoms with Gasteiger partial charge in [-0.1, -0.05) is 6.58 Å². The molecular formula is C13H11F13O4. The number of methoxy groups -OCH3 is 1. The number of carbonyl (C=O) groups is 1. The zero-order chi connectivity index (χ0) is 24.6. The summed E-state index contributed by atoms with van der Waals surface area (Å²) in [5, 5.41) is 9.30. The van der Waals surface area contributed by atoms with E-state index >= 15 is 0 Å². The lowest BCUT2D eigenvalue weighted by Gasteiger charge is -2.40. The Morgan fingerprint density at radius 1 is 0.867 bits per heavy atom. The molecule has 0 bridgehead atoms. The third kappa shape index (κ3) is 4.60. The van der Waals surface area contributed by atoms with Crippen molar-refractivity contribution < 1.29 is 76.5 Å². The molecule has 0 rings (SSSR count). The molecule has 178 valence electrons. The molecule has 0 aromatic carbocycles. The largest absolute Gasteiger partial charge is 0.460 e. The summed E-state index contributed by atoms with van der Waals surface area (Å²) in [6, 6.07) is 0. The van der Waals surface area contributed by atoms with Gasteiger partial charge < -0.3 is 14.6 Å². The van der Waals surface area contributed by atoms with Crippen molar-refractivity contribution in [2.75, 3.05) is 7.11 Å². The second-order valence-corrected chi connectivity index (χ2v) is 5.52. The Bertz CT molecular complexity index is 629. The lowest BCUT2D eigenvalue weighted by molar-refractivity contribution is -0.441. The fraction of sp³-hybridized carbons (Fsp3) is 0.769. The van der Waals surface area contributed by atoms with Crippen LogP contribution < -0.4 is 0 Å². The molecule has 0 aromatic heterocycles. The predicted octanol–water partition coefficient (Wildman–Crippen LogP) is 4.18. The maximum Gasteiger partial charge on any atom is 0.460 e. The van der Waals surface area contributed by atoms with Gasteiger partial charge in [0.1, 0.15) is 6.10 Å². The summed E-state index contributed by atoms with van der Waals surface area (Å²) in [7, 11) is 0.507. The normalized spacial score (nSPS) is 16.8. The second-order valence-electron chi connectivity index (χ2n) is 5.52. The molecule has 0 amide bonds. The Morgan fingerprint density at radius 3 is 1.60 bits per heavy atom. The molecule has 1 N–H and O–H groups in total. The van der Waals surface area contributed by atoms with Crippen molar-refractivity contribution in [2.24, 2.45) is 0 Å². The molecular weight excluding hydrogens is 467 g/mol. The molecule has 30 heavy (non-hydrogen) atoms. The molecule has 0 aromatic rings. The fourth-order valence-electron chi connectivity index (χ4n) is 1.74. The van der Waals surface area contributed by atoms with Gasteiger partial charge in [0, 0.05) is 19.6 Å². The Kier molecular flexibility index (Phi) is 7.89. The smallest absolute Gasteiger partial charge is 0.430 e. The van der Waals surface area contributed by atoms with E-state index in [2.05, 4.69) is 16.1 Å². The van der Waals surface area contributed by atoms with E-state index < -0.39 is 60.6 Å². The van der Waals surface area contributed by atoms with E-state index in [-0.39, 0.29) is 0 Å². The average Bonchev–Trinajstić information content (AvgIpc) is 2.56. The minimum Gasteiger partial charge on any atom is -0.430 e. The zero-order valence-corrected chi connectivity index (χ0v) is 14.2. The highest BCUT2D eigenvalue weighted by molar-refractivity contribution is 5.81. The Morgan fingerprint density at radius 2 is 1.27 bits per heavy atom. The number of ether oxygens (including phenoxy) is 2.